The minimum Gasteiger partial charge on any atom is -0.338 e. The largest absolute Gasteiger partial charge is 0.338 e. The van der Waals surface area contributed by atoms with Crippen molar-refractivity contribution in [2.75, 3.05) is 16.3 Å². The molecule has 0 N–H and O–H groups in total. The number of fused-ring (bicyclic) bond motifs is 3. The summed E-state index contributed by atoms with van der Waals surface area (Å²) in [7, 11) is 0. The maximum Gasteiger partial charge on any atom is 0.0538 e. The Morgan fingerprint density at radius 2 is 1.34 bits per heavy atom. The molecular formula is C73H67N3S. The molecule has 0 spiro atoms. The van der Waals surface area contributed by atoms with Crippen molar-refractivity contribution in [3.63, 3.8) is 0 Å². The first-order valence-corrected chi connectivity index (χ1v) is 27.2. The summed E-state index contributed by atoms with van der Waals surface area (Å²) in [5.41, 5.74) is 19.7. The fourth-order valence-electron chi connectivity index (χ4n) is 10.3. The fraction of sp³-hybridized carbons (Fsp3) is 0.0959. The number of para-hydroxylation sites is 1. The summed E-state index contributed by atoms with van der Waals surface area (Å²) in [6.07, 6.45) is 38.4. The smallest absolute Gasteiger partial charge is 0.0538 e. The number of nitrogens with zero attached hydrogens (tertiary/aromatic N) is 3. The second-order valence-electron chi connectivity index (χ2n) is 19.2. The quantitative estimate of drug-likeness (QED) is 0.0525. The zero-order valence-electron chi connectivity index (χ0n) is 44.5. The number of thiophene rings is 1. The monoisotopic (exact) mass is 1020 g/mol. The van der Waals surface area contributed by atoms with Crippen molar-refractivity contribution in [2.24, 2.45) is 0 Å². The van der Waals surface area contributed by atoms with Crippen molar-refractivity contribution in [2.45, 2.75) is 39.0 Å². The van der Waals surface area contributed by atoms with Gasteiger partial charge in [0.2, 0.25) is 0 Å². The standard InChI is InChI=1S/C73H67N3S/c1-9-22-62(12-4)75(67-27-19-16-20-28-67)64(14-6)29-21-24-55-32-42-65(43-33-55)74(50-11-3)66-44-38-56(39-45-66)53(7)30-31-54(8)60-40-46-70-68(51-60)69-52-61(41-47-71(69)76(70)63(13-5)23-10-2)57-34-36-59(37-35-57)73-49-48-72(77-73)58-25-17-15-18-26-58/h9-36,38-39,41-45,47-49,51-52,59H,1-6,37,40,46,50H2,7-8H3/b24-21+,53-30+,54-31+,62-22+,63-23+,64-29+. The molecule has 5 aromatic carbocycles. The summed E-state index contributed by atoms with van der Waals surface area (Å²) in [6, 6.07) is 49.9. The molecule has 0 saturated heterocycles. The third-order valence-corrected chi connectivity index (χ3v) is 15.6. The number of hydrogen-bond donors (Lipinski definition) is 0. The van der Waals surface area contributed by atoms with E-state index in [2.05, 4.69) is 250 Å². The molecule has 0 amide bonds. The van der Waals surface area contributed by atoms with Gasteiger partial charge >= 0.3 is 0 Å². The second-order valence-corrected chi connectivity index (χ2v) is 20.3. The minimum absolute atomic E-state index is 0.379. The van der Waals surface area contributed by atoms with Gasteiger partial charge in [0, 0.05) is 73.0 Å². The first-order valence-electron chi connectivity index (χ1n) is 26.4. The molecule has 380 valence electrons. The summed E-state index contributed by atoms with van der Waals surface area (Å²) in [4.78, 5) is 7.12. The number of rotatable bonds is 21. The Bertz CT molecular complexity index is 3630. The molecule has 9 rings (SSSR count). The predicted molar refractivity (Wildman–Crippen MR) is 339 cm³/mol. The lowest BCUT2D eigenvalue weighted by atomic mass is 9.89. The zero-order valence-corrected chi connectivity index (χ0v) is 45.3. The van der Waals surface area contributed by atoms with Gasteiger partial charge in [-0.25, -0.2) is 0 Å². The van der Waals surface area contributed by atoms with Gasteiger partial charge in [-0.2, -0.15) is 0 Å². The van der Waals surface area contributed by atoms with Gasteiger partial charge in [0.25, 0.3) is 0 Å². The van der Waals surface area contributed by atoms with E-state index in [4.69, 9.17) is 0 Å². The summed E-state index contributed by atoms with van der Waals surface area (Å²) >= 11 is 1.90. The van der Waals surface area contributed by atoms with Gasteiger partial charge in [-0.3, -0.25) is 0 Å². The lowest BCUT2D eigenvalue weighted by Gasteiger charge is -2.26. The van der Waals surface area contributed by atoms with E-state index in [1.165, 1.54) is 70.9 Å². The molecule has 0 fully saturated rings. The Morgan fingerprint density at radius 1 is 0.649 bits per heavy atom. The normalized spacial score (nSPS) is 15.1. The van der Waals surface area contributed by atoms with E-state index < -0.39 is 0 Å². The van der Waals surface area contributed by atoms with Gasteiger partial charge in [0.1, 0.15) is 0 Å². The summed E-state index contributed by atoms with van der Waals surface area (Å²) in [6.45, 7) is 29.5. The molecule has 3 nitrogen and oxygen atoms in total. The van der Waals surface area contributed by atoms with Crippen LogP contribution in [0.3, 0.4) is 0 Å². The van der Waals surface area contributed by atoms with E-state index in [0.717, 1.165) is 59.0 Å². The molecule has 2 aromatic heterocycles. The van der Waals surface area contributed by atoms with Crippen LogP contribution in [0.15, 0.2) is 293 Å². The van der Waals surface area contributed by atoms with Crippen LogP contribution in [0.4, 0.5) is 17.1 Å². The van der Waals surface area contributed by atoms with Crippen molar-refractivity contribution in [1.82, 2.24) is 4.57 Å². The molecule has 77 heavy (non-hydrogen) atoms. The van der Waals surface area contributed by atoms with Crippen LogP contribution in [-0.2, 0) is 6.42 Å². The van der Waals surface area contributed by atoms with Crippen LogP contribution in [0.25, 0.3) is 50.3 Å². The molecule has 2 heterocycles. The van der Waals surface area contributed by atoms with Crippen LogP contribution in [0.1, 0.15) is 65.4 Å². The van der Waals surface area contributed by atoms with E-state index in [0.29, 0.717) is 12.5 Å². The molecule has 0 saturated carbocycles. The Hall–Kier alpha value is -8.96. The molecule has 0 radical (unpaired) electrons. The number of benzene rings is 5. The van der Waals surface area contributed by atoms with Gasteiger partial charge < -0.3 is 14.4 Å². The van der Waals surface area contributed by atoms with Gasteiger partial charge in [-0.1, -0.05) is 173 Å². The maximum atomic E-state index is 4.21. The molecule has 0 aliphatic heterocycles. The lowest BCUT2D eigenvalue weighted by Crippen LogP contribution is -2.19. The number of hydrogen-bond acceptors (Lipinski definition) is 3. The average molecular weight is 1020 g/mol. The van der Waals surface area contributed by atoms with E-state index in [1.807, 2.05) is 66.0 Å². The summed E-state index contributed by atoms with van der Waals surface area (Å²) in [5, 5.41) is 1.25. The molecule has 4 heteroatoms. The molecule has 1 unspecified atom stereocenters. The highest BCUT2D eigenvalue weighted by atomic mass is 32.1. The molecule has 7 aromatic rings. The van der Waals surface area contributed by atoms with Crippen LogP contribution in [0.5, 0.6) is 0 Å². The number of allylic oxidation sites excluding steroid dienone is 19. The van der Waals surface area contributed by atoms with Crippen LogP contribution in [-0.4, -0.2) is 11.1 Å². The minimum atomic E-state index is 0.379. The first-order chi connectivity index (χ1) is 37.7. The SMILES string of the molecule is C=C/C=C(\C=C)N(/C(C=C)=C/C=C/c1ccc(N(CC=C)c2ccc(/C(C)=C/C=C(\C)C3=Cc4c(n(/C(C=C)=C/C=C)c5ccc(C6=CCC(c7ccc(-c8ccccc8)s7)C=C6)cc45)CC3)cc2)cc1)c1ccccc1. The Kier molecular flexibility index (Phi) is 17.2. The highest BCUT2D eigenvalue weighted by molar-refractivity contribution is 7.15. The average Bonchev–Trinajstić information content (AvgIpc) is 4.13. The van der Waals surface area contributed by atoms with Crippen molar-refractivity contribution >= 4 is 68.3 Å². The molecule has 0 bridgehead atoms. The van der Waals surface area contributed by atoms with Crippen molar-refractivity contribution in [3.8, 4) is 10.4 Å². The Balaban J connectivity index is 0.912. The van der Waals surface area contributed by atoms with E-state index in [1.54, 1.807) is 6.08 Å². The van der Waals surface area contributed by atoms with Crippen LogP contribution in [0, 0.1) is 0 Å². The topological polar surface area (TPSA) is 11.4 Å². The summed E-state index contributed by atoms with van der Waals surface area (Å²) < 4.78 is 2.39. The molecule has 1 atom stereocenters. The Morgan fingerprint density at radius 3 is 2.00 bits per heavy atom. The number of anilines is 3. The third kappa shape index (κ3) is 12.0. The number of aromatic nitrogens is 1. The van der Waals surface area contributed by atoms with Gasteiger partial charge in [0.15, 0.2) is 0 Å². The molecule has 2 aliphatic carbocycles. The van der Waals surface area contributed by atoms with Gasteiger partial charge in [-0.15, -0.1) is 17.9 Å². The van der Waals surface area contributed by atoms with Crippen LogP contribution < -0.4 is 9.80 Å². The lowest BCUT2D eigenvalue weighted by molar-refractivity contribution is 0.870. The second kappa shape index (κ2) is 25.0. The van der Waals surface area contributed by atoms with Crippen molar-refractivity contribution in [3.05, 3.63) is 326 Å². The fourth-order valence-corrected chi connectivity index (χ4v) is 11.4. The van der Waals surface area contributed by atoms with E-state index in [9.17, 15) is 0 Å². The zero-order chi connectivity index (χ0) is 53.7. The highest BCUT2D eigenvalue weighted by Gasteiger charge is 2.23. The molecular weight excluding hydrogens is 951 g/mol. The van der Waals surface area contributed by atoms with Crippen LogP contribution >= 0.6 is 11.3 Å². The molecule has 2 aliphatic rings. The third-order valence-electron chi connectivity index (χ3n) is 14.3. The van der Waals surface area contributed by atoms with Crippen molar-refractivity contribution < 1.29 is 0 Å². The maximum absolute atomic E-state index is 4.21. The van der Waals surface area contributed by atoms with E-state index >= 15 is 0 Å². The van der Waals surface area contributed by atoms with E-state index in [-0.39, 0.29) is 0 Å². The van der Waals surface area contributed by atoms with Gasteiger partial charge in [-0.05, 0) is 181 Å². The van der Waals surface area contributed by atoms with Gasteiger partial charge in [0.05, 0.1) is 5.52 Å². The van der Waals surface area contributed by atoms with Crippen LogP contribution in [0.2, 0.25) is 0 Å². The predicted octanol–water partition coefficient (Wildman–Crippen LogP) is 20.3. The summed E-state index contributed by atoms with van der Waals surface area (Å²) in [5.74, 6) is 0.379. The highest BCUT2D eigenvalue weighted by Crippen LogP contribution is 2.42. The van der Waals surface area contributed by atoms with Crippen molar-refractivity contribution in [1.29, 1.82) is 0 Å². The Labute approximate surface area is 461 Å². The first kappa shape index (κ1) is 52.9.